The lowest BCUT2D eigenvalue weighted by molar-refractivity contribution is -0.136. The van der Waals surface area contributed by atoms with Crippen LogP contribution in [0.15, 0.2) is 48.9 Å². The Balaban J connectivity index is 1.19. The van der Waals surface area contributed by atoms with Crippen LogP contribution in [-0.2, 0) is 35.6 Å². The summed E-state index contributed by atoms with van der Waals surface area (Å²) in [4.78, 5) is 19.2. The van der Waals surface area contributed by atoms with Gasteiger partial charge in [-0.3, -0.25) is 9.48 Å². The molecule has 0 atom stereocenters. The van der Waals surface area contributed by atoms with Gasteiger partial charge in [-0.2, -0.15) is 5.10 Å². The third-order valence-electron chi connectivity index (χ3n) is 5.90. The van der Waals surface area contributed by atoms with Gasteiger partial charge in [0, 0.05) is 44.4 Å². The molecule has 7 nitrogen and oxygen atoms in total. The third kappa shape index (κ3) is 4.31. The van der Waals surface area contributed by atoms with Crippen molar-refractivity contribution in [2.75, 3.05) is 19.7 Å². The number of hydrogen-bond donors (Lipinski definition) is 0. The first-order chi connectivity index (χ1) is 14.8. The lowest BCUT2D eigenvalue weighted by Crippen LogP contribution is -2.36. The van der Waals surface area contributed by atoms with Crippen molar-refractivity contribution in [3.63, 3.8) is 0 Å². The summed E-state index contributed by atoms with van der Waals surface area (Å²) in [6, 6.07) is 9.93. The monoisotopic (exact) mass is 405 g/mol. The number of aromatic nitrogens is 4. The van der Waals surface area contributed by atoms with Crippen LogP contribution in [0.1, 0.15) is 24.2 Å². The molecule has 0 N–H and O–H groups in total. The predicted octanol–water partition coefficient (Wildman–Crippen LogP) is 2.76. The van der Waals surface area contributed by atoms with E-state index in [0.717, 1.165) is 48.1 Å². The van der Waals surface area contributed by atoms with Crippen molar-refractivity contribution >= 4 is 5.91 Å². The first kappa shape index (κ1) is 19.1. The molecule has 5 rings (SSSR count). The van der Waals surface area contributed by atoms with Gasteiger partial charge in [-0.1, -0.05) is 30.3 Å². The van der Waals surface area contributed by atoms with Crippen molar-refractivity contribution in [1.82, 2.24) is 24.2 Å². The first-order valence-corrected chi connectivity index (χ1v) is 10.7. The highest BCUT2D eigenvalue weighted by Gasteiger charge is 2.24. The Morgan fingerprint density at radius 1 is 1.10 bits per heavy atom. The molecule has 0 unspecified atom stereocenters. The molecule has 30 heavy (non-hydrogen) atoms. The molecule has 3 heterocycles. The Morgan fingerprint density at radius 3 is 2.80 bits per heavy atom. The van der Waals surface area contributed by atoms with Gasteiger partial charge in [-0.15, -0.1) is 0 Å². The second-order valence-corrected chi connectivity index (χ2v) is 8.21. The molecule has 0 spiro atoms. The first-order valence-electron chi connectivity index (χ1n) is 10.7. The summed E-state index contributed by atoms with van der Waals surface area (Å²) in [6.07, 6.45) is 9.37. The van der Waals surface area contributed by atoms with Gasteiger partial charge in [0.05, 0.1) is 24.7 Å². The van der Waals surface area contributed by atoms with Crippen molar-refractivity contribution in [3.8, 4) is 11.3 Å². The van der Waals surface area contributed by atoms with Crippen molar-refractivity contribution in [2.24, 2.45) is 5.92 Å². The molecule has 0 bridgehead atoms. The molecule has 2 aliphatic rings. The number of hydrogen-bond acceptors (Lipinski definition) is 4. The van der Waals surface area contributed by atoms with Crippen molar-refractivity contribution in [1.29, 1.82) is 0 Å². The van der Waals surface area contributed by atoms with E-state index >= 15 is 0 Å². The van der Waals surface area contributed by atoms with Gasteiger partial charge in [-0.05, 0) is 24.3 Å². The van der Waals surface area contributed by atoms with E-state index in [4.69, 9.17) is 4.74 Å². The predicted molar refractivity (Wildman–Crippen MR) is 113 cm³/mol. The minimum atomic E-state index is 0.0375. The van der Waals surface area contributed by atoms with E-state index in [0.29, 0.717) is 19.7 Å². The van der Waals surface area contributed by atoms with Crippen molar-refractivity contribution < 1.29 is 9.53 Å². The van der Waals surface area contributed by atoms with E-state index in [9.17, 15) is 4.79 Å². The van der Waals surface area contributed by atoms with E-state index in [1.165, 1.54) is 12.8 Å². The lowest BCUT2D eigenvalue weighted by atomic mass is 10.2. The highest BCUT2D eigenvalue weighted by atomic mass is 16.5. The SMILES string of the molecule is O=C(COCc1ccccc1)N1CCc2ncc(-c3cnn(CC4CC4)c3)n2CC1. The maximum Gasteiger partial charge on any atom is 0.248 e. The summed E-state index contributed by atoms with van der Waals surface area (Å²) in [5.41, 5.74) is 3.26. The maximum absolute atomic E-state index is 12.6. The van der Waals surface area contributed by atoms with Gasteiger partial charge in [0.15, 0.2) is 0 Å². The van der Waals surface area contributed by atoms with E-state index in [2.05, 4.69) is 20.8 Å². The number of carbonyl (C=O) groups is 1. The van der Waals surface area contributed by atoms with Crippen LogP contribution in [0.4, 0.5) is 0 Å². The van der Waals surface area contributed by atoms with Gasteiger partial charge in [0.25, 0.3) is 0 Å². The molecule has 7 heteroatoms. The van der Waals surface area contributed by atoms with Gasteiger partial charge in [-0.25, -0.2) is 4.98 Å². The molecule has 3 aromatic rings. The summed E-state index contributed by atoms with van der Waals surface area (Å²) in [7, 11) is 0. The zero-order valence-corrected chi connectivity index (χ0v) is 17.1. The summed E-state index contributed by atoms with van der Waals surface area (Å²) < 4.78 is 9.92. The zero-order chi connectivity index (χ0) is 20.3. The minimum Gasteiger partial charge on any atom is -0.367 e. The number of ether oxygens (including phenoxy) is 1. The van der Waals surface area contributed by atoms with E-state index < -0.39 is 0 Å². The van der Waals surface area contributed by atoms with E-state index in [-0.39, 0.29) is 12.5 Å². The standard InChI is InChI=1S/C23H27N5O2/c29-23(17-30-16-19-4-2-1-3-5-19)26-9-8-22-24-13-21(28(22)11-10-26)20-12-25-27(15-20)14-18-6-7-18/h1-5,12-13,15,18H,6-11,14,16-17H2. The second kappa shape index (κ2) is 8.44. The average molecular weight is 406 g/mol. The Kier molecular flexibility index (Phi) is 5.36. The highest BCUT2D eigenvalue weighted by Crippen LogP contribution is 2.31. The minimum absolute atomic E-state index is 0.0375. The zero-order valence-electron chi connectivity index (χ0n) is 17.1. The summed E-state index contributed by atoms with van der Waals surface area (Å²) >= 11 is 0. The molecule has 1 aliphatic heterocycles. The molecule has 2 aromatic heterocycles. The molecule has 0 radical (unpaired) electrons. The van der Waals surface area contributed by atoms with Crippen molar-refractivity contribution in [3.05, 3.63) is 60.3 Å². The Bertz CT molecular complexity index is 1010. The van der Waals surface area contributed by atoms with Crippen LogP contribution in [0.3, 0.4) is 0 Å². The van der Waals surface area contributed by atoms with Gasteiger partial charge < -0.3 is 14.2 Å². The fourth-order valence-electron chi connectivity index (χ4n) is 3.99. The largest absolute Gasteiger partial charge is 0.367 e. The number of fused-ring (bicyclic) bond motifs is 1. The fourth-order valence-corrected chi connectivity index (χ4v) is 3.99. The topological polar surface area (TPSA) is 65.2 Å². The third-order valence-corrected chi connectivity index (χ3v) is 5.90. The molecular formula is C23H27N5O2. The maximum atomic E-state index is 12.6. The van der Waals surface area contributed by atoms with Crippen LogP contribution in [0.25, 0.3) is 11.3 Å². The number of rotatable bonds is 7. The van der Waals surface area contributed by atoms with Crippen LogP contribution in [-0.4, -0.2) is 49.8 Å². The molecule has 0 saturated heterocycles. The van der Waals surface area contributed by atoms with Crippen LogP contribution in [0, 0.1) is 5.92 Å². The summed E-state index contributed by atoms with van der Waals surface area (Å²) in [6.45, 7) is 3.65. The number of imidazole rings is 1. The van der Waals surface area contributed by atoms with Crippen LogP contribution in [0.5, 0.6) is 0 Å². The Hall–Kier alpha value is -2.93. The average Bonchev–Trinajstić information content (AvgIpc) is 3.38. The number of nitrogens with zero attached hydrogens (tertiary/aromatic N) is 5. The van der Waals surface area contributed by atoms with Crippen LogP contribution < -0.4 is 0 Å². The smallest absolute Gasteiger partial charge is 0.248 e. The fraction of sp³-hybridized carbons (Fsp3) is 0.435. The normalized spacial score (nSPS) is 16.3. The van der Waals surface area contributed by atoms with Crippen LogP contribution >= 0.6 is 0 Å². The summed E-state index contributed by atoms with van der Waals surface area (Å²) in [5, 5.41) is 4.52. The van der Waals surface area contributed by atoms with Gasteiger partial charge in [0.2, 0.25) is 5.91 Å². The number of amides is 1. The molecule has 156 valence electrons. The molecular weight excluding hydrogens is 378 g/mol. The second-order valence-electron chi connectivity index (χ2n) is 8.21. The van der Waals surface area contributed by atoms with Crippen LogP contribution in [0.2, 0.25) is 0 Å². The lowest BCUT2D eigenvalue weighted by Gasteiger charge is -2.20. The molecule has 1 aliphatic carbocycles. The van der Waals surface area contributed by atoms with E-state index in [1.807, 2.05) is 52.3 Å². The summed E-state index contributed by atoms with van der Waals surface area (Å²) in [5.74, 6) is 1.86. The molecule has 1 fully saturated rings. The van der Waals surface area contributed by atoms with Gasteiger partial charge in [0.1, 0.15) is 12.4 Å². The number of carbonyl (C=O) groups excluding carboxylic acids is 1. The Labute approximate surface area is 176 Å². The van der Waals surface area contributed by atoms with Gasteiger partial charge >= 0.3 is 0 Å². The molecule has 1 amide bonds. The Morgan fingerprint density at radius 2 is 1.97 bits per heavy atom. The van der Waals surface area contributed by atoms with E-state index in [1.54, 1.807) is 0 Å². The number of benzene rings is 1. The highest BCUT2D eigenvalue weighted by molar-refractivity contribution is 5.77. The quantitative estimate of drug-likeness (QED) is 0.606. The van der Waals surface area contributed by atoms with Crippen molar-refractivity contribution in [2.45, 2.75) is 39.0 Å². The molecule has 1 aromatic carbocycles. The molecule has 1 saturated carbocycles.